The van der Waals surface area contributed by atoms with E-state index < -0.39 is 22.6 Å². The molecule has 0 aliphatic rings. The lowest BCUT2D eigenvalue weighted by atomic mass is 10.5. The third-order valence-electron chi connectivity index (χ3n) is 0.633. The molecule has 0 amide bonds. The molecule has 0 aromatic heterocycles. The van der Waals surface area contributed by atoms with Crippen molar-refractivity contribution in [3.05, 3.63) is 0 Å². The zero-order valence-electron chi connectivity index (χ0n) is 5.06. The fraction of sp³-hybridized carbons (Fsp3) is 1.00. The highest BCUT2D eigenvalue weighted by atomic mass is 32.3. The zero-order chi connectivity index (χ0) is 10.2. The van der Waals surface area contributed by atoms with E-state index in [0.29, 0.717) is 0 Å². The predicted molar refractivity (Wildman–Crippen MR) is 25.3 cm³/mol. The first-order chi connectivity index (χ1) is 4.96. The SMILES string of the molecule is O=S(=O)(F)NC(O)(F)C(F)(F)F. The number of rotatable bonds is 2. The van der Waals surface area contributed by atoms with E-state index in [0.717, 1.165) is 0 Å². The molecule has 1 unspecified atom stereocenters. The Labute approximate surface area is 63.3 Å². The third kappa shape index (κ3) is 3.28. The largest absolute Gasteiger partial charge is 0.465 e. The van der Waals surface area contributed by atoms with E-state index in [-0.39, 0.29) is 4.72 Å². The lowest BCUT2D eigenvalue weighted by Crippen LogP contribution is -2.54. The summed E-state index contributed by atoms with van der Waals surface area (Å²) < 4.78 is 75.4. The van der Waals surface area contributed by atoms with E-state index in [1.54, 1.807) is 0 Å². The topological polar surface area (TPSA) is 66.4 Å². The molecule has 12 heavy (non-hydrogen) atoms. The molecule has 0 fully saturated rings. The minimum absolute atomic E-state index is 0.295. The second-order valence-corrected chi connectivity index (χ2v) is 2.74. The van der Waals surface area contributed by atoms with Gasteiger partial charge in [-0.1, -0.05) is 3.89 Å². The molecule has 0 aliphatic heterocycles. The van der Waals surface area contributed by atoms with E-state index in [2.05, 4.69) is 0 Å². The maximum absolute atomic E-state index is 11.8. The van der Waals surface area contributed by atoms with Crippen molar-refractivity contribution in [3.63, 3.8) is 0 Å². The minimum atomic E-state index is -5.96. The summed E-state index contributed by atoms with van der Waals surface area (Å²) in [6.45, 7) is 0. The highest BCUT2D eigenvalue weighted by Gasteiger charge is 2.58. The number of halogens is 5. The first-order valence-electron chi connectivity index (χ1n) is 2.17. The van der Waals surface area contributed by atoms with Gasteiger partial charge in [0, 0.05) is 0 Å². The minimum Gasteiger partial charge on any atom is -0.342 e. The standard InChI is InChI=1S/C2H2F5NO3S/c3-1(4,5)2(6,9)8-12(7,10)11/h8-9H. The van der Waals surface area contributed by atoms with Crippen molar-refractivity contribution < 1.29 is 35.0 Å². The fourth-order valence-corrected chi connectivity index (χ4v) is 0.658. The molecule has 0 spiro atoms. The van der Waals surface area contributed by atoms with Crippen LogP contribution in [0.5, 0.6) is 0 Å². The van der Waals surface area contributed by atoms with Crippen LogP contribution in [0.1, 0.15) is 0 Å². The molecule has 4 nitrogen and oxygen atoms in total. The molecule has 0 saturated heterocycles. The first-order valence-corrected chi connectivity index (χ1v) is 3.55. The normalized spacial score (nSPS) is 18.8. The Morgan fingerprint density at radius 1 is 1.17 bits per heavy atom. The van der Waals surface area contributed by atoms with Crippen molar-refractivity contribution in [1.82, 2.24) is 4.72 Å². The molecule has 0 aliphatic carbocycles. The summed E-state index contributed by atoms with van der Waals surface area (Å²) in [4.78, 5) is 0. The van der Waals surface area contributed by atoms with E-state index in [1.807, 2.05) is 0 Å². The third-order valence-corrected chi connectivity index (χ3v) is 1.15. The number of nitrogens with one attached hydrogen (secondary N) is 1. The average molecular weight is 215 g/mol. The fourth-order valence-electron chi connectivity index (χ4n) is 0.219. The monoisotopic (exact) mass is 215 g/mol. The van der Waals surface area contributed by atoms with E-state index in [9.17, 15) is 29.9 Å². The Balaban J connectivity index is 4.67. The van der Waals surface area contributed by atoms with Crippen LogP contribution in [0.4, 0.5) is 21.4 Å². The molecule has 0 aromatic carbocycles. The van der Waals surface area contributed by atoms with Gasteiger partial charge < -0.3 is 5.11 Å². The van der Waals surface area contributed by atoms with Crippen LogP contribution in [0.25, 0.3) is 0 Å². The smallest absolute Gasteiger partial charge is 0.342 e. The van der Waals surface area contributed by atoms with Crippen molar-refractivity contribution in [3.8, 4) is 0 Å². The molecule has 0 aromatic rings. The molecular formula is C2H2F5NO3S. The second-order valence-electron chi connectivity index (χ2n) is 1.66. The molecular weight excluding hydrogens is 213 g/mol. The summed E-state index contributed by atoms with van der Waals surface area (Å²) in [6.07, 6.45) is -5.94. The molecule has 1 atom stereocenters. The number of alkyl halides is 4. The van der Waals surface area contributed by atoms with Gasteiger partial charge >= 0.3 is 22.6 Å². The van der Waals surface area contributed by atoms with Crippen molar-refractivity contribution in [2.24, 2.45) is 0 Å². The van der Waals surface area contributed by atoms with Gasteiger partial charge in [-0.25, -0.2) is 0 Å². The van der Waals surface area contributed by atoms with Crippen molar-refractivity contribution in [2.45, 2.75) is 12.2 Å². The quantitative estimate of drug-likeness (QED) is 0.294. The van der Waals surface area contributed by atoms with Crippen molar-refractivity contribution >= 4 is 10.4 Å². The summed E-state index contributed by atoms with van der Waals surface area (Å²) in [5.74, 6) is -5.29. The summed E-state index contributed by atoms with van der Waals surface area (Å²) in [5.41, 5.74) is 0. The van der Waals surface area contributed by atoms with Crippen molar-refractivity contribution in [2.75, 3.05) is 0 Å². The van der Waals surface area contributed by atoms with Crippen LogP contribution in [0, 0.1) is 0 Å². The Morgan fingerprint density at radius 2 is 1.50 bits per heavy atom. The zero-order valence-corrected chi connectivity index (χ0v) is 5.88. The maximum Gasteiger partial charge on any atom is 0.465 e. The van der Waals surface area contributed by atoms with Crippen LogP contribution in [-0.2, 0) is 10.4 Å². The second kappa shape index (κ2) is 2.78. The lowest BCUT2D eigenvalue weighted by molar-refractivity contribution is -0.320. The van der Waals surface area contributed by atoms with E-state index in [4.69, 9.17) is 5.11 Å². The van der Waals surface area contributed by atoms with Gasteiger partial charge in [0.05, 0.1) is 0 Å². The number of aliphatic hydroxyl groups is 1. The maximum atomic E-state index is 11.8. The summed E-state index contributed by atoms with van der Waals surface area (Å²) >= 11 is 0. The van der Waals surface area contributed by atoms with Crippen LogP contribution >= 0.6 is 0 Å². The van der Waals surface area contributed by atoms with Gasteiger partial charge in [-0.05, 0) is 0 Å². The first kappa shape index (κ1) is 11.5. The van der Waals surface area contributed by atoms with Gasteiger partial charge in [0.15, 0.2) is 0 Å². The van der Waals surface area contributed by atoms with Gasteiger partial charge in [-0.15, -0.1) is 4.72 Å². The summed E-state index contributed by atoms with van der Waals surface area (Å²) in [6, 6.07) is 0. The molecule has 0 bridgehead atoms. The van der Waals surface area contributed by atoms with Gasteiger partial charge in [-0.3, -0.25) is 0 Å². The molecule has 0 radical (unpaired) electrons. The van der Waals surface area contributed by atoms with Crippen LogP contribution in [-0.4, -0.2) is 25.7 Å². The van der Waals surface area contributed by atoms with Gasteiger partial charge in [0.2, 0.25) is 0 Å². The van der Waals surface area contributed by atoms with Gasteiger partial charge in [-0.2, -0.15) is 26.0 Å². The van der Waals surface area contributed by atoms with Crippen LogP contribution in [0.15, 0.2) is 0 Å². The molecule has 0 rings (SSSR count). The van der Waals surface area contributed by atoms with Gasteiger partial charge in [0.1, 0.15) is 0 Å². The lowest BCUT2D eigenvalue weighted by Gasteiger charge is -2.19. The molecule has 0 heterocycles. The average Bonchev–Trinajstić information content (AvgIpc) is 1.52. The van der Waals surface area contributed by atoms with E-state index in [1.165, 1.54) is 0 Å². The predicted octanol–water partition coefficient (Wildman–Crippen LogP) is -0.0318. The Kier molecular flexibility index (Phi) is 2.67. The molecule has 2 N–H and O–H groups in total. The van der Waals surface area contributed by atoms with Crippen LogP contribution in [0.2, 0.25) is 0 Å². The highest BCUT2D eigenvalue weighted by molar-refractivity contribution is 7.84. The Hall–Kier alpha value is -0.480. The van der Waals surface area contributed by atoms with Crippen LogP contribution in [0.3, 0.4) is 0 Å². The summed E-state index contributed by atoms with van der Waals surface area (Å²) in [5, 5.41) is 7.66. The highest BCUT2D eigenvalue weighted by Crippen LogP contribution is 2.29. The van der Waals surface area contributed by atoms with Gasteiger partial charge in [0.25, 0.3) is 0 Å². The summed E-state index contributed by atoms with van der Waals surface area (Å²) in [7, 11) is -5.96. The Bertz CT molecular complexity index is 254. The number of hydrogen-bond donors (Lipinski definition) is 2. The Morgan fingerprint density at radius 3 is 1.58 bits per heavy atom. The molecule has 74 valence electrons. The molecule has 10 heteroatoms. The van der Waals surface area contributed by atoms with Crippen LogP contribution < -0.4 is 4.72 Å². The van der Waals surface area contributed by atoms with E-state index >= 15 is 0 Å². The molecule has 0 saturated carbocycles. The van der Waals surface area contributed by atoms with Crippen molar-refractivity contribution in [1.29, 1.82) is 0 Å². The number of hydrogen-bond acceptors (Lipinski definition) is 3.